The first-order valence-electron chi connectivity index (χ1n) is 5.07. The minimum atomic E-state index is 0.128. The van der Waals surface area contributed by atoms with Crippen molar-refractivity contribution in [3.05, 3.63) is 0 Å². The number of likely N-dealkylation sites (N-methyl/N-ethyl adjacent to an activating group) is 1. The van der Waals surface area contributed by atoms with E-state index in [0.717, 1.165) is 19.6 Å². The normalized spacial score (nSPS) is 11.4. The van der Waals surface area contributed by atoms with Crippen LogP contribution in [-0.2, 0) is 4.79 Å². The van der Waals surface area contributed by atoms with E-state index in [1.807, 2.05) is 0 Å². The van der Waals surface area contributed by atoms with E-state index in [4.69, 9.17) is 0 Å². The molecule has 0 unspecified atom stereocenters. The molecule has 0 radical (unpaired) electrons. The minimum Gasteiger partial charge on any atom is -0.354 e. The molecule has 0 rings (SSSR count). The number of amides is 1. The Bertz CT molecular complexity index is 166. The van der Waals surface area contributed by atoms with E-state index in [-0.39, 0.29) is 10.7 Å². The molecule has 0 aromatic carbocycles. The molecule has 0 aliphatic rings. The van der Waals surface area contributed by atoms with Gasteiger partial charge in [0, 0.05) is 17.8 Å². The number of hydrogen-bond acceptors (Lipinski definition) is 3. The van der Waals surface area contributed by atoms with E-state index < -0.39 is 0 Å². The van der Waals surface area contributed by atoms with Crippen LogP contribution in [0.5, 0.6) is 0 Å². The average molecular weight is 218 g/mol. The summed E-state index contributed by atoms with van der Waals surface area (Å²) in [6.45, 7) is 10.9. The summed E-state index contributed by atoms with van der Waals surface area (Å²) in [5, 5.41) is 6.02. The lowest BCUT2D eigenvalue weighted by atomic mass is 10.3. The first-order chi connectivity index (χ1) is 6.45. The molecular weight excluding hydrogens is 196 g/mol. The Hall–Kier alpha value is -0.220. The number of thioether (sulfide) groups is 1. The van der Waals surface area contributed by atoms with Crippen LogP contribution < -0.4 is 10.6 Å². The summed E-state index contributed by atoms with van der Waals surface area (Å²) in [5.41, 5.74) is 0. The average Bonchev–Trinajstić information content (AvgIpc) is 2.08. The molecule has 0 fully saturated rings. The van der Waals surface area contributed by atoms with E-state index >= 15 is 0 Å². The molecule has 3 nitrogen and oxygen atoms in total. The highest BCUT2D eigenvalue weighted by molar-refractivity contribution is 8.01. The second kappa shape index (κ2) is 7.12. The third-order valence-corrected chi connectivity index (χ3v) is 2.78. The molecule has 0 bridgehead atoms. The Labute approximate surface area is 91.4 Å². The quantitative estimate of drug-likeness (QED) is 0.659. The smallest absolute Gasteiger partial charge is 0.230 e. The highest BCUT2D eigenvalue weighted by Crippen LogP contribution is 2.22. The van der Waals surface area contributed by atoms with Crippen molar-refractivity contribution in [1.29, 1.82) is 0 Å². The molecule has 0 aromatic rings. The van der Waals surface area contributed by atoms with Gasteiger partial charge in [-0.05, 0) is 6.54 Å². The number of hydrogen-bond donors (Lipinski definition) is 2. The topological polar surface area (TPSA) is 41.1 Å². The molecular formula is C10H22N2OS. The predicted octanol–water partition coefficient (Wildman–Crippen LogP) is 1.24. The van der Waals surface area contributed by atoms with Gasteiger partial charge in [0.15, 0.2) is 0 Å². The van der Waals surface area contributed by atoms with Crippen molar-refractivity contribution >= 4 is 17.7 Å². The maximum absolute atomic E-state index is 11.3. The standard InChI is InChI=1S/C10H22N2OS/c1-5-11-6-7-12-9(13)8-14-10(2,3)4/h11H,5-8H2,1-4H3,(H,12,13). The molecule has 0 saturated carbocycles. The summed E-state index contributed by atoms with van der Waals surface area (Å²) in [6.07, 6.45) is 0. The van der Waals surface area contributed by atoms with Gasteiger partial charge in [-0.2, -0.15) is 0 Å². The first kappa shape index (κ1) is 13.8. The summed E-state index contributed by atoms with van der Waals surface area (Å²) in [4.78, 5) is 11.3. The zero-order chi connectivity index (χ0) is 11.0. The fourth-order valence-corrected chi connectivity index (χ4v) is 1.47. The van der Waals surface area contributed by atoms with Crippen LogP contribution in [0.25, 0.3) is 0 Å². The van der Waals surface area contributed by atoms with Gasteiger partial charge in [-0.1, -0.05) is 27.7 Å². The van der Waals surface area contributed by atoms with Crippen LogP contribution >= 0.6 is 11.8 Å². The number of carbonyl (C=O) groups is 1. The third kappa shape index (κ3) is 9.86. The SMILES string of the molecule is CCNCCNC(=O)CSC(C)(C)C. The zero-order valence-corrected chi connectivity index (χ0v) is 10.5. The first-order valence-corrected chi connectivity index (χ1v) is 6.05. The molecule has 1 amide bonds. The van der Waals surface area contributed by atoms with Crippen molar-refractivity contribution < 1.29 is 4.79 Å². The second-order valence-electron chi connectivity index (χ2n) is 4.10. The Kier molecular flexibility index (Phi) is 7.01. The number of carbonyl (C=O) groups excluding carboxylic acids is 1. The van der Waals surface area contributed by atoms with Crippen molar-refractivity contribution in [2.75, 3.05) is 25.4 Å². The fourth-order valence-electron chi connectivity index (χ4n) is 0.800. The molecule has 0 aliphatic heterocycles. The second-order valence-corrected chi connectivity index (χ2v) is 5.91. The molecule has 0 aliphatic carbocycles. The van der Waals surface area contributed by atoms with E-state index in [1.165, 1.54) is 0 Å². The number of rotatable bonds is 6. The molecule has 84 valence electrons. The highest BCUT2D eigenvalue weighted by atomic mass is 32.2. The fraction of sp³-hybridized carbons (Fsp3) is 0.900. The van der Waals surface area contributed by atoms with Crippen molar-refractivity contribution in [2.24, 2.45) is 0 Å². The lowest BCUT2D eigenvalue weighted by Gasteiger charge is -2.16. The van der Waals surface area contributed by atoms with Gasteiger partial charge < -0.3 is 10.6 Å². The summed E-state index contributed by atoms with van der Waals surface area (Å²) in [7, 11) is 0. The largest absolute Gasteiger partial charge is 0.354 e. The predicted molar refractivity (Wildman–Crippen MR) is 63.8 cm³/mol. The van der Waals surface area contributed by atoms with Gasteiger partial charge in [0.2, 0.25) is 5.91 Å². The van der Waals surface area contributed by atoms with Crippen LogP contribution in [0.4, 0.5) is 0 Å². The van der Waals surface area contributed by atoms with Gasteiger partial charge >= 0.3 is 0 Å². The molecule has 0 saturated heterocycles. The van der Waals surface area contributed by atoms with Crippen molar-refractivity contribution in [2.45, 2.75) is 32.4 Å². The Morgan fingerprint density at radius 1 is 1.29 bits per heavy atom. The summed E-state index contributed by atoms with van der Waals surface area (Å²) in [5.74, 6) is 0.679. The minimum absolute atomic E-state index is 0.128. The van der Waals surface area contributed by atoms with Gasteiger partial charge in [-0.25, -0.2) is 0 Å². The van der Waals surface area contributed by atoms with Crippen molar-refractivity contribution in [1.82, 2.24) is 10.6 Å². The van der Waals surface area contributed by atoms with Gasteiger partial charge in [-0.3, -0.25) is 4.79 Å². The Morgan fingerprint density at radius 2 is 1.93 bits per heavy atom. The highest BCUT2D eigenvalue weighted by Gasteiger charge is 2.12. The molecule has 0 aromatic heterocycles. The summed E-state index contributed by atoms with van der Waals surface area (Å²) < 4.78 is 0.166. The summed E-state index contributed by atoms with van der Waals surface area (Å²) in [6, 6.07) is 0. The zero-order valence-electron chi connectivity index (χ0n) is 9.64. The van der Waals surface area contributed by atoms with Crippen LogP contribution in [0.1, 0.15) is 27.7 Å². The maximum Gasteiger partial charge on any atom is 0.230 e. The Balaban J connectivity index is 3.38. The van der Waals surface area contributed by atoms with Gasteiger partial charge in [-0.15, -0.1) is 11.8 Å². The van der Waals surface area contributed by atoms with Crippen LogP contribution in [0.15, 0.2) is 0 Å². The molecule has 0 heterocycles. The van der Waals surface area contributed by atoms with Gasteiger partial charge in [0.25, 0.3) is 0 Å². The third-order valence-electron chi connectivity index (χ3n) is 1.51. The summed E-state index contributed by atoms with van der Waals surface area (Å²) >= 11 is 1.67. The molecule has 14 heavy (non-hydrogen) atoms. The monoisotopic (exact) mass is 218 g/mol. The molecule has 2 N–H and O–H groups in total. The van der Waals surface area contributed by atoms with E-state index in [1.54, 1.807) is 11.8 Å². The van der Waals surface area contributed by atoms with Gasteiger partial charge in [0.05, 0.1) is 5.75 Å². The van der Waals surface area contributed by atoms with E-state index in [2.05, 4.69) is 38.3 Å². The lowest BCUT2D eigenvalue weighted by molar-refractivity contribution is -0.118. The van der Waals surface area contributed by atoms with E-state index in [9.17, 15) is 4.79 Å². The molecule has 0 atom stereocenters. The molecule has 0 spiro atoms. The van der Waals surface area contributed by atoms with E-state index in [0.29, 0.717) is 5.75 Å². The van der Waals surface area contributed by atoms with Crippen LogP contribution in [0, 0.1) is 0 Å². The van der Waals surface area contributed by atoms with Crippen molar-refractivity contribution in [3.8, 4) is 0 Å². The van der Waals surface area contributed by atoms with Crippen LogP contribution in [0.3, 0.4) is 0 Å². The van der Waals surface area contributed by atoms with Crippen molar-refractivity contribution in [3.63, 3.8) is 0 Å². The number of nitrogens with one attached hydrogen (secondary N) is 2. The Morgan fingerprint density at radius 3 is 2.43 bits per heavy atom. The molecule has 4 heteroatoms. The maximum atomic E-state index is 11.3. The van der Waals surface area contributed by atoms with Crippen LogP contribution in [0.2, 0.25) is 0 Å². The lowest BCUT2D eigenvalue weighted by Crippen LogP contribution is -2.33. The van der Waals surface area contributed by atoms with Gasteiger partial charge in [0.1, 0.15) is 0 Å². The van der Waals surface area contributed by atoms with Crippen LogP contribution in [-0.4, -0.2) is 36.0 Å².